The van der Waals surface area contributed by atoms with E-state index in [1.54, 1.807) is 0 Å². The average molecular weight is 1400 g/mol. The van der Waals surface area contributed by atoms with Crippen LogP contribution in [0.25, 0.3) is 0 Å². The summed E-state index contributed by atoms with van der Waals surface area (Å²) in [6, 6.07) is 0. The van der Waals surface area contributed by atoms with Crippen molar-refractivity contribution in [3.05, 3.63) is 12.2 Å². The molecule has 24 nitrogen and oxygen atoms in total. The first-order valence-corrected chi connectivity index (χ1v) is 39.0. The zero-order valence-corrected chi connectivity index (χ0v) is 59.6. The number of carbonyl (C=O) groups excluding carboxylic acids is 3. The first-order valence-electron chi connectivity index (χ1n) is 37.5. The van der Waals surface area contributed by atoms with E-state index < -0.39 is 156 Å². The van der Waals surface area contributed by atoms with Gasteiger partial charge in [0.1, 0.15) is 98.7 Å². The zero-order chi connectivity index (χ0) is 70.4. The van der Waals surface area contributed by atoms with Gasteiger partial charge in [0.2, 0.25) is 0 Å². The van der Waals surface area contributed by atoms with Crippen LogP contribution in [0.15, 0.2) is 12.2 Å². The fraction of sp³-hybridized carbons (Fsp3) is 0.930. The first-order chi connectivity index (χ1) is 46.3. The summed E-state index contributed by atoms with van der Waals surface area (Å²) < 4.78 is 65.0. The lowest BCUT2D eigenvalue weighted by Gasteiger charge is -2.49. The van der Waals surface area contributed by atoms with Gasteiger partial charge in [-0.2, -0.15) is 0 Å². The van der Waals surface area contributed by atoms with E-state index in [1.807, 2.05) is 0 Å². The van der Waals surface area contributed by atoms with Gasteiger partial charge in [0, 0.05) is 19.3 Å². The van der Waals surface area contributed by atoms with Crippen LogP contribution >= 0.6 is 7.82 Å². The molecule has 0 aromatic heterocycles. The second-order valence-electron chi connectivity index (χ2n) is 27.0. The van der Waals surface area contributed by atoms with Crippen LogP contribution in [0, 0.1) is 0 Å². The Labute approximate surface area is 573 Å². The lowest BCUT2D eigenvalue weighted by atomic mass is 9.84. The second kappa shape index (κ2) is 53.5. The van der Waals surface area contributed by atoms with Crippen molar-refractivity contribution in [2.75, 3.05) is 26.4 Å². The molecule has 0 spiro atoms. The average Bonchev–Trinajstić information content (AvgIpc) is 0.739. The van der Waals surface area contributed by atoms with Crippen LogP contribution < -0.4 is 0 Å². The van der Waals surface area contributed by atoms with Gasteiger partial charge in [-0.3, -0.25) is 23.4 Å². The predicted molar refractivity (Wildman–Crippen MR) is 361 cm³/mol. The van der Waals surface area contributed by atoms with Crippen molar-refractivity contribution in [1.82, 2.24) is 0 Å². The standard InChI is InChI=1S/C71H131O24P/c1-4-7-10-13-16-19-22-25-26-29-32-35-38-41-44-47-57(75)90-52(49-87-55(73)45-42-39-36-33-30-27-23-20-17-14-11-8-5-2)50-89-96(85,86)95-69-67(93-70-65(83)60(78)58(76)53(48-72)91-70)63(81)62(80)64(82)68(69)94-71-66(84)61(79)59(77)54(92-71)51-88-56(74)46-43-40-37-34-31-28-24-21-18-15-12-9-6-3/h27,30,52-54,58-72,76-84H,4-26,28-29,31-51H2,1-3H3,(H,85,86)/b30-27-. The van der Waals surface area contributed by atoms with Crippen LogP contribution in [-0.2, 0) is 61.2 Å². The SMILES string of the molecule is CCCCCCCC/C=C\CCCCCC(=O)OCC(COP(=O)(O)OC1C(OC2OC(CO)C(O)C(O)C2O)C(O)C(O)C(O)C1OC1OC(COC(=O)CCCCCCCCCCCCCCC)C(O)C(O)C1O)OC(=O)CCCCCCCCCCCCCCCCC. The molecule has 18 atom stereocenters. The molecule has 564 valence electrons. The van der Waals surface area contributed by atoms with Gasteiger partial charge >= 0.3 is 25.7 Å². The number of aliphatic hydroxyl groups is 10. The molecule has 3 rings (SSSR count). The van der Waals surface area contributed by atoms with E-state index in [4.69, 9.17) is 42.2 Å². The van der Waals surface area contributed by atoms with Crippen molar-refractivity contribution in [3.8, 4) is 0 Å². The highest BCUT2D eigenvalue weighted by Gasteiger charge is 2.58. The van der Waals surface area contributed by atoms with Crippen molar-refractivity contribution in [3.63, 3.8) is 0 Å². The van der Waals surface area contributed by atoms with Gasteiger partial charge in [-0.15, -0.1) is 0 Å². The molecule has 0 aromatic rings. The highest BCUT2D eigenvalue weighted by molar-refractivity contribution is 7.47. The van der Waals surface area contributed by atoms with Crippen LogP contribution in [0.4, 0.5) is 0 Å². The molecule has 11 N–H and O–H groups in total. The number of allylic oxidation sites excluding steroid dienone is 2. The van der Waals surface area contributed by atoms with E-state index in [1.165, 1.54) is 135 Å². The minimum atomic E-state index is -5.69. The number of phosphoric acid groups is 1. The molecule has 2 saturated heterocycles. The lowest BCUT2D eigenvalue weighted by molar-refractivity contribution is -0.360. The molecule has 2 aliphatic heterocycles. The third kappa shape index (κ3) is 36.5. The molecule has 1 aliphatic carbocycles. The summed E-state index contributed by atoms with van der Waals surface area (Å²) in [7, 11) is -5.69. The van der Waals surface area contributed by atoms with Gasteiger partial charge in [0.05, 0.1) is 13.2 Å². The van der Waals surface area contributed by atoms with E-state index in [-0.39, 0.29) is 19.3 Å². The van der Waals surface area contributed by atoms with E-state index in [0.717, 1.165) is 96.3 Å². The van der Waals surface area contributed by atoms with Crippen molar-refractivity contribution in [1.29, 1.82) is 0 Å². The number of hydrogen-bond acceptors (Lipinski definition) is 23. The first kappa shape index (κ1) is 87.9. The van der Waals surface area contributed by atoms with E-state index in [0.29, 0.717) is 19.3 Å². The van der Waals surface area contributed by atoms with Gasteiger partial charge < -0.3 is 89.1 Å². The highest BCUT2D eigenvalue weighted by Crippen LogP contribution is 2.49. The number of ether oxygens (including phenoxy) is 7. The summed E-state index contributed by atoms with van der Waals surface area (Å²) in [5.41, 5.74) is 0. The molecule has 25 heteroatoms. The maximum absolute atomic E-state index is 14.3. The van der Waals surface area contributed by atoms with Crippen LogP contribution in [0.1, 0.15) is 290 Å². The van der Waals surface area contributed by atoms with E-state index >= 15 is 0 Å². The van der Waals surface area contributed by atoms with Gasteiger partial charge in [0.25, 0.3) is 0 Å². The summed E-state index contributed by atoms with van der Waals surface area (Å²) >= 11 is 0. The lowest BCUT2D eigenvalue weighted by Crippen LogP contribution is -2.69. The van der Waals surface area contributed by atoms with Gasteiger partial charge in [-0.25, -0.2) is 4.57 Å². The molecule has 2 heterocycles. The number of aliphatic hydroxyl groups excluding tert-OH is 10. The molecule has 0 bridgehead atoms. The Balaban J connectivity index is 1.74. The maximum atomic E-state index is 14.3. The molecule has 3 fully saturated rings. The monoisotopic (exact) mass is 1400 g/mol. The summed E-state index contributed by atoms with van der Waals surface area (Å²) in [5.74, 6) is -2.00. The topological polar surface area (TPSA) is 374 Å². The molecule has 0 radical (unpaired) electrons. The Morgan fingerprint density at radius 2 is 0.729 bits per heavy atom. The molecule has 3 aliphatic rings. The van der Waals surface area contributed by atoms with Crippen LogP contribution in [0.3, 0.4) is 0 Å². The largest absolute Gasteiger partial charge is 0.472 e. The zero-order valence-electron chi connectivity index (χ0n) is 58.7. The van der Waals surface area contributed by atoms with Gasteiger partial charge in [-0.1, -0.05) is 238 Å². The second-order valence-corrected chi connectivity index (χ2v) is 28.4. The summed E-state index contributed by atoms with van der Waals surface area (Å²) in [6.07, 6.45) is 11.4. The van der Waals surface area contributed by atoms with Crippen molar-refractivity contribution < 1.29 is 117 Å². The van der Waals surface area contributed by atoms with Crippen LogP contribution in [0.5, 0.6) is 0 Å². The Bertz CT molecular complexity index is 2040. The maximum Gasteiger partial charge on any atom is 0.472 e. The van der Waals surface area contributed by atoms with Crippen molar-refractivity contribution in [2.45, 2.75) is 395 Å². The Morgan fingerprint density at radius 1 is 0.396 bits per heavy atom. The number of esters is 3. The number of phosphoric ester groups is 1. The third-order valence-electron chi connectivity index (χ3n) is 18.5. The fourth-order valence-corrected chi connectivity index (χ4v) is 13.4. The van der Waals surface area contributed by atoms with Crippen molar-refractivity contribution >= 4 is 25.7 Å². The summed E-state index contributed by atoms with van der Waals surface area (Å²) in [4.78, 5) is 50.9. The number of carbonyl (C=O) groups is 3. The van der Waals surface area contributed by atoms with E-state index in [2.05, 4.69) is 32.9 Å². The van der Waals surface area contributed by atoms with E-state index in [9.17, 15) is 74.9 Å². The quantitative estimate of drug-likeness (QED) is 0.00886. The summed E-state index contributed by atoms with van der Waals surface area (Å²) in [6.45, 7) is 3.43. The van der Waals surface area contributed by atoms with Gasteiger partial charge in [-0.05, 0) is 44.9 Å². The fourth-order valence-electron chi connectivity index (χ4n) is 12.4. The Kier molecular flexibility index (Phi) is 49.0. The molecule has 1 saturated carbocycles. The molecular formula is C71H131O24P. The minimum absolute atomic E-state index is 0.0277. The third-order valence-corrected chi connectivity index (χ3v) is 19.5. The molecule has 0 aromatic carbocycles. The van der Waals surface area contributed by atoms with Crippen LogP contribution in [-0.4, -0.2) is 204 Å². The smallest absolute Gasteiger partial charge is 0.463 e. The highest BCUT2D eigenvalue weighted by atomic mass is 31.2. The summed E-state index contributed by atoms with van der Waals surface area (Å²) in [5, 5.41) is 110. The van der Waals surface area contributed by atoms with Gasteiger partial charge in [0.15, 0.2) is 18.7 Å². The number of unbranched alkanes of at least 4 members (excludes halogenated alkanes) is 35. The molecular weight excluding hydrogens is 1270 g/mol. The Hall–Kier alpha value is -2.30. The number of rotatable bonds is 58. The molecule has 0 amide bonds. The molecule has 96 heavy (non-hydrogen) atoms. The number of hydrogen-bond donors (Lipinski definition) is 11. The molecule has 18 unspecified atom stereocenters. The normalized spacial score (nSPS) is 28.0. The van der Waals surface area contributed by atoms with Crippen LogP contribution in [0.2, 0.25) is 0 Å². The Morgan fingerprint density at radius 3 is 1.14 bits per heavy atom. The predicted octanol–water partition coefficient (Wildman–Crippen LogP) is 9.96. The minimum Gasteiger partial charge on any atom is -0.463 e. The van der Waals surface area contributed by atoms with Crippen molar-refractivity contribution in [2.24, 2.45) is 0 Å².